The van der Waals surface area contributed by atoms with Gasteiger partial charge in [0, 0.05) is 24.0 Å². The van der Waals surface area contributed by atoms with Crippen LogP contribution in [-0.4, -0.2) is 34.5 Å². The van der Waals surface area contributed by atoms with Crippen LogP contribution in [-0.2, 0) is 0 Å². The van der Waals surface area contributed by atoms with E-state index in [4.69, 9.17) is 20.9 Å². The standard InChI is InChI=1S/C16H15ClN4O3/c1-23-15-9-14(24-20-15)16(22)18-10-13(21-8-2-7-19-21)11-3-5-12(17)6-4-11/h2-9,13H,10H2,1H3,(H,18,22). The van der Waals surface area contributed by atoms with Crippen LogP contribution in [0.4, 0.5) is 0 Å². The molecule has 0 aliphatic carbocycles. The van der Waals surface area contributed by atoms with Crippen molar-refractivity contribution in [1.82, 2.24) is 20.3 Å². The lowest BCUT2D eigenvalue weighted by Crippen LogP contribution is -2.31. The van der Waals surface area contributed by atoms with Crippen molar-refractivity contribution in [3.63, 3.8) is 0 Å². The van der Waals surface area contributed by atoms with Crippen LogP contribution in [0.25, 0.3) is 0 Å². The highest BCUT2D eigenvalue weighted by Gasteiger charge is 2.18. The van der Waals surface area contributed by atoms with Crippen LogP contribution >= 0.6 is 11.6 Å². The molecule has 0 saturated heterocycles. The molecule has 0 aliphatic rings. The first-order valence-electron chi connectivity index (χ1n) is 7.21. The number of benzene rings is 1. The van der Waals surface area contributed by atoms with Gasteiger partial charge >= 0.3 is 0 Å². The van der Waals surface area contributed by atoms with Gasteiger partial charge in [-0.15, -0.1) is 0 Å². The maximum Gasteiger partial charge on any atom is 0.290 e. The Balaban J connectivity index is 1.75. The first-order valence-corrected chi connectivity index (χ1v) is 7.58. The maximum atomic E-state index is 12.2. The van der Waals surface area contributed by atoms with Crippen LogP contribution in [0.1, 0.15) is 22.2 Å². The fourth-order valence-electron chi connectivity index (χ4n) is 2.25. The molecule has 1 amide bonds. The molecular formula is C16H15ClN4O3. The third kappa shape index (κ3) is 3.57. The molecule has 1 aromatic carbocycles. The van der Waals surface area contributed by atoms with E-state index in [2.05, 4.69) is 15.6 Å². The Hall–Kier alpha value is -2.80. The number of amides is 1. The highest BCUT2D eigenvalue weighted by molar-refractivity contribution is 6.30. The molecule has 0 aliphatic heterocycles. The number of carbonyl (C=O) groups excluding carboxylic acids is 1. The first-order chi connectivity index (χ1) is 11.7. The second-order valence-electron chi connectivity index (χ2n) is 5.00. The minimum Gasteiger partial charge on any atom is -0.479 e. The topological polar surface area (TPSA) is 82.2 Å². The van der Waals surface area contributed by atoms with E-state index < -0.39 is 0 Å². The summed E-state index contributed by atoms with van der Waals surface area (Å²) in [5.74, 6) is -0.0411. The van der Waals surface area contributed by atoms with Gasteiger partial charge < -0.3 is 14.6 Å². The average molecular weight is 347 g/mol. The van der Waals surface area contributed by atoms with Gasteiger partial charge in [-0.3, -0.25) is 9.48 Å². The van der Waals surface area contributed by atoms with Crippen LogP contribution < -0.4 is 10.1 Å². The first kappa shape index (κ1) is 16.1. The van der Waals surface area contributed by atoms with Crippen molar-refractivity contribution in [2.75, 3.05) is 13.7 Å². The predicted molar refractivity (Wildman–Crippen MR) is 87.2 cm³/mol. The number of methoxy groups -OCH3 is 1. The minimum atomic E-state index is -0.378. The van der Waals surface area contributed by atoms with Crippen molar-refractivity contribution in [2.45, 2.75) is 6.04 Å². The van der Waals surface area contributed by atoms with E-state index in [0.717, 1.165) is 5.56 Å². The number of halogens is 1. The van der Waals surface area contributed by atoms with Crippen molar-refractivity contribution < 1.29 is 14.1 Å². The monoisotopic (exact) mass is 346 g/mol. The average Bonchev–Trinajstić information content (AvgIpc) is 3.28. The van der Waals surface area contributed by atoms with Gasteiger partial charge in [0.2, 0.25) is 5.76 Å². The Morgan fingerprint density at radius 2 is 2.21 bits per heavy atom. The van der Waals surface area contributed by atoms with E-state index in [-0.39, 0.29) is 23.6 Å². The second kappa shape index (κ2) is 7.18. The van der Waals surface area contributed by atoms with Crippen molar-refractivity contribution in [3.05, 3.63) is 65.1 Å². The van der Waals surface area contributed by atoms with Gasteiger partial charge in [0.15, 0.2) is 0 Å². The van der Waals surface area contributed by atoms with E-state index >= 15 is 0 Å². The fraction of sp³-hybridized carbons (Fsp3) is 0.188. The summed E-state index contributed by atoms with van der Waals surface area (Å²) in [4.78, 5) is 12.2. The highest BCUT2D eigenvalue weighted by atomic mass is 35.5. The summed E-state index contributed by atoms with van der Waals surface area (Å²) in [7, 11) is 1.45. The zero-order valence-corrected chi connectivity index (χ0v) is 13.6. The molecule has 3 rings (SSSR count). The van der Waals surface area contributed by atoms with Crippen molar-refractivity contribution in [2.24, 2.45) is 0 Å². The Labute approximate surface area is 143 Å². The summed E-state index contributed by atoms with van der Waals surface area (Å²) in [5.41, 5.74) is 0.971. The molecule has 0 spiro atoms. The van der Waals surface area contributed by atoms with Gasteiger partial charge in [-0.25, -0.2) is 0 Å². The third-order valence-electron chi connectivity index (χ3n) is 3.48. The van der Waals surface area contributed by atoms with E-state index in [9.17, 15) is 4.79 Å². The SMILES string of the molecule is COc1cc(C(=O)NCC(c2ccc(Cl)cc2)n2cccn2)on1. The van der Waals surface area contributed by atoms with Gasteiger partial charge in [-0.05, 0) is 28.9 Å². The molecule has 1 N–H and O–H groups in total. The van der Waals surface area contributed by atoms with Crippen molar-refractivity contribution in [3.8, 4) is 5.88 Å². The molecule has 2 heterocycles. The van der Waals surface area contributed by atoms with Crippen molar-refractivity contribution >= 4 is 17.5 Å². The Morgan fingerprint density at radius 3 is 2.83 bits per heavy atom. The predicted octanol–water partition coefficient (Wildman–Crippen LogP) is 2.55. The highest BCUT2D eigenvalue weighted by Crippen LogP contribution is 2.20. The molecule has 8 heteroatoms. The summed E-state index contributed by atoms with van der Waals surface area (Å²) < 4.78 is 11.6. The zero-order chi connectivity index (χ0) is 16.9. The second-order valence-corrected chi connectivity index (χ2v) is 5.43. The summed E-state index contributed by atoms with van der Waals surface area (Å²) >= 11 is 5.94. The van der Waals surface area contributed by atoms with Crippen LogP contribution in [0.5, 0.6) is 5.88 Å². The van der Waals surface area contributed by atoms with Gasteiger partial charge in [-0.2, -0.15) is 5.10 Å². The number of nitrogens with zero attached hydrogens (tertiary/aromatic N) is 3. The Kier molecular flexibility index (Phi) is 4.81. The molecule has 1 atom stereocenters. The lowest BCUT2D eigenvalue weighted by atomic mass is 10.1. The number of ether oxygens (including phenoxy) is 1. The normalized spacial score (nSPS) is 11.9. The molecule has 0 fully saturated rings. The number of rotatable bonds is 6. The summed E-state index contributed by atoms with van der Waals surface area (Å²) in [6, 6.07) is 10.5. The molecule has 0 radical (unpaired) electrons. The molecule has 0 saturated carbocycles. The molecule has 1 unspecified atom stereocenters. The van der Waals surface area contributed by atoms with Gasteiger partial charge in [0.1, 0.15) is 0 Å². The van der Waals surface area contributed by atoms with E-state index in [0.29, 0.717) is 11.6 Å². The number of hydrogen-bond donors (Lipinski definition) is 1. The fourth-order valence-corrected chi connectivity index (χ4v) is 2.38. The van der Waals surface area contributed by atoms with Crippen LogP contribution in [0.15, 0.2) is 53.3 Å². The summed E-state index contributed by atoms with van der Waals surface area (Å²) in [6.45, 7) is 0.325. The Morgan fingerprint density at radius 1 is 1.42 bits per heavy atom. The van der Waals surface area contributed by atoms with Gasteiger partial charge in [0.25, 0.3) is 11.8 Å². The minimum absolute atomic E-state index is 0.0853. The number of aromatic nitrogens is 3. The summed E-state index contributed by atoms with van der Waals surface area (Å²) in [6.07, 6.45) is 3.52. The third-order valence-corrected chi connectivity index (χ3v) is 3.73. The van der Waals surface area contributed by atoms with Crippen LogP contribution in [0.3, 0.4) is 0 Å². The molecule has 3 aromatic rings. The molecule has 124 valence electrons. The number of carbonyl (C=O) groups is 1. The maximum absolute atomic E-state index is 12.2. The molecule has 0 bridgehead atoms. The molecule has 7 nitrogen and oxygen atoms in total. The number of hydrogen-bond acceptors (Lipinski definition) is 5. The summed E-state index contributed by atoms with van der Waals surface area (Å²) in [5, 5.41) is 11.3. The quantitative estimate of drug-likeness (QED) is 0.741. The van der Waals surface area contributed by atoms with Crippen molar-refractivity contribution in [1.29, 1.82) is 0 Å². The van der Waals surface area contributed by atoms with E-state index in [1.807, 2.05) is 24.4 Å². The zero-order valence-electron chi connectivity index (χ0n) is 12.8. The lowest BCUT2D eigenvalue weighted by Gasteiger charge is -2.18. The van der Waals surface area contributed by atoms with Gasteiger partial charge in [-0.1, -0.05) is 23.7 Å². The van der Waals surface area contributed by atoms with E-state index in [1.165, 1.54) is 13.2 Å². The van der Waals surface area contributed by atoms with Crippen LogP contribution in [0.2, 0.25) is 5.02 Å². The smallest absolute Gasteiger partial charge is 0.290 e. The Bertz CT molecular complexity index is 799. The molecular weight excluding hydrogens is 332 g/mol. The largest absolute Gasteiger partial charge is 0.479 e. The number of nitrogens with one attached hydrogen (secondary N) is 1. The molecule has 2 aromatic heterocycles. The van der Waals surface area contributed by atoms with Gasteiger partial charge in [0.05, 0.1) is 19.2 Å². The van der Waals surface area contributed by atoms with Crippen LogP contribution in [0, 0.1) is 0 Å². The lowest BCUT2D eigenvalue weighted by molar-refractivity contribution is 0.0912. The molecule has 24 heavy (non-hydrogen) atoms. The van der Waals surface area contributed by atoms with E-state index in [1.54, 1.807) is 23.0 Å².